The molecule has 102 valence electrons. The van der Waals surface area contributed by atoms with Gasteiger partial charge in [0.2, 0.25) is 0 Å². The van der Waals surface area contributed by atoms with Gasteiger partial charge in [0, 0.05) is 17.9 Å². The first-order chi connectivity index (χ1) is 8.99. The molecule has 1 fully saturated rings. The van der Waals surface area contributed by atoms with Crippen LogP contribution >= 0.6 is 15.9 Å². The van der Waals surface area contributed by atoms with E-state index in [0.717, 1.165) is 25.0 Å². The van der Waals surface area contributed by atoms with Crippen molar-refractivity contribution in [3.8, 4) is 0 Å². The number of hydrogen-bond acceptors (Lipinski definition) is 3. The van der Waals surface area contributed by atoms with Crippen molar-refractivity contribution >= 4 is 27.5 Å². The minimum Gasteiger partial charge on any atom is -0.337 e. The molecular formula is C12H12BrFN2O3. The van der Waals surface area contributed by atoms with Crippen LogP contribution in [0.25, 0.3) is 0 Å². The fourth-order valence-electron chi connectivity index (χ4n) is 2.12. The molecule has 7 heteroatoms. The predicted molar refractivity (Wildman–Crippen MR) is 70.9 cm³/mol. The molecule has 1 saturated heterocycles. The lowest BCUT2D eigenvalue weighted by atomic mass is 10.1. The van der Waals surface area contributed by atoms with Crippen molar-refractivity contribution in [1.29, 1.82) is 0 Å². The molecule has 1 unspecified atom stereocenters. The number of nitro groups is 1. The minimum absolute atomic E-state index is 0.0620. The Bertz CT molecular complexity index is 524. The van der Waals surface area contributed by atoms with Crippen LogP contribution in [0.2, 0.25) is 0 Å². The number of rotatable bonds is 2. The Balaban J connectivity index is 2.30. The van der Waals surface area contributed by atoms with Crippen molar-refractivity contribution in [2.24, 2.45) is 0 Å². The van der Waals surface area contributed by atoms with Crippen LogP contribution in [0.3, 0.4) is 0 Å². The maximum absolute atomic E-state index is 13.0. The molecule has 0 aromatic heterocycles. The third-order valence-electron chi connectivity index (χ3n) is 3.04. The number of piperidine rings is 1. The van der Waals surface area contributed by atoms with Crippen LogP contribution in [0, 0.1) is 15.9 Å². The van der Waals surface area contributed by atoms with Gasteiger partial charge in [0.25, 0.3) is 11.6 Å². The van der Waals surface area contributed by atoms with Crippen LogP contribution in [0.4, 0.5) is 10.1 Å². The quantitative estimate of drug-likeness (QED) is 0.476. The largest absolute Gasteiger partial charge is 0.337 e. The zero-order valence-corrected chi connectivity index (χ0v) is 11.6. The molecular weight excluding hydrogens is 319 g/mol. The maximum Gasteiger partial charge on any atom is 0.285 e. The highest BCUT2D eigenvalue weighted by atomic mass is 79.9. The van der Waals surface area contributed by atoms with Crippen molar-refractivity contribution in [3.63, 3.8) is 0 Å². The van der Waals surface area contributed by atoms with E-state index in [1.165, 1.54) is 6.07 Å². The van der Waals surface area contributed by atoms with Crippen LogP contribution < -0.4 is 0 Å². The van der Waals surface area contributed by atoms with E-state index in [0.29, 0.717) is 13.1 Å². The summed E-state index contributed by atoms with van der Waals surface area (Å²) in [5.74, 6) is -1.14. The lowest BCUT2D eigenvalue weighted by Gasteiger charge is -2.29. The standard InChI is InChI=1S/C12H12BrFN2O3/c13-8-2-1-5-15(7-8)12(17)10-4-3-9(14)6-11(10)16(18)19/h3-4,6,8H,1-2,5,7H2. The van der Waals surface area contributed by atoms with Gasteiger partial charge < -0.3 is 4.90 Å². The van der Waals surface area contributed by atoms with Crippen LogP contribution in [0.15, 0.2) is 18.2 Å². The van der Waals surface area contributed by atoms with Crippen molar-refractivity contribution in [2.45, 2.75) is 17.7 Å². The second kappa shape index (κ2) is 5.64. The number of benzene rings is 1. The van der Waals surface area contributed by atoms with Crippen LogP contribution in [0.1, 0.15) is 23.2 Å². The van der Waals surface area contributed by atoms with E-state index < -0.39 is 22.3 Å². The number of hydrogen-bond donors (Lipinski definition) is 0. The third-order valence-corrected chi connectivity index (χ3v) is 3.79. The van der Waals surface area contributed by atoms with Gasteiger partial charge in [0.15, 0.2) is 0 Å². The number of likely N-dealkylation sites (tertiary alicyclic amines) is 1. The number of alkyl halides is 1. The van der Waals surface area contributed by atoms with E-state index in [1.807, 2.05) is 0 Å². The number of carbonyl (C=O) groups excluding carboxylic acids is 1. The van der Waals surface area contributed by atoms with Gasteiger partial charge in [-0.3, -0.25) is 14.9 Å². The number of nitrogens with zero attached hydrogens (tertiary/aromatic N) is 2. The first kappa shape index (κ1) is 13.9. The number of nitro benzene ring substituents is 1. The summed E-state index contributed by atoms with van der Waals surface area (Å²) in [5.41, 5.74) is -0.547. The molecule has 1 aliphatic heterocycles. The summed E-state index contributed by atoms with van der Waals surface area (Å²) in [6.45, 7) is 1.07. The molecule has 1 heterocycles. The Morgan fingerprint density at radius 3 is 2.89 bits per heavy atom. The van der Waals surface area contributed by atoms with E-state index in [4.69, 9.17) is 0 Å². The van der Waals surface area contributed by atoms with Crippen molar-refractivity contribution < 1.29 is 14.1 Å². The second-order valence-corrected chi connectivity index (χ2v) is 5.70. The van der Waals surface area contributed by atoms with E-state index in [-0.39, 0.29) is 10.4 Å². The molecule has 0 radical (unpaired) electrons. The molecule has 0 aliphatic carbocycles. The van der Waals surface area contributed by atoms with Crippen molar-refractivity contribution in [3.05, 3.63) is 39.7 Å². The highest BCUT2D eigenvalue weighted by Crippen LogP contribution is 2.24. The molecule has 0 N–H and O–H groups in total. The topological polar surface area (TPSA) is 63.4 Å². The fourth-order valence-corrected chi connectivity index (χ4v) is 2.79. The maximum atomic E-state index is 13.0. The molecule has 1 aromatic carbocycles. The van der Waals surface area contributed by atoms with Crippen molar-refractivity contribution in [1.82, 2.24) is 4.90 Å². The lowest BCUT2D eigenvalue weighted by molar-refractivity contribution is -0.385. The normalized spacial score (nSPS) is 19.3. The zero-order chi connectivity index (χ0) is 14.0. The first-order valence-corrected chi connectivity index (χ1v) is 6.78. The van der Waals surface area contributed by atoms with Crippen LogP contribution in [0.5, 0.6) is 0 Å². The molecule has 0 bridgehead atoms. The third kappa shape index (κ3) is 3.09. The number of carbonyl (C=O) groups is 1. The number of amides is 1. The Hall–Kier alpha value is -1.50. The molecule has 2 rings (SSSR count). The summed E-state index contributed by atoms with van der Waals surface area (Å²) in [7, 11) is 0. The van der Waals surface area contributed by atoms with E-state index in [9.17, 15) is 19.3 Å². The molecule has 1 aromatic rings. The summed E-state index contributed by atoms with van der Waals surface area (Å²) < 4.78 is 13.0. The first-order valence-electron chi connectivity index (χ1n) is 5.86. The summed E-state index contributed by atoms with van der Waals surface area (Å²) >= 11 is 3.44. The molecule has 1 atom stereocenters. The molecule has 5 nitrogen and oxygen atoms in total. The Labute approximate surface area is 117 Å². The highest BCUT2D eigenvalue weighted by Gasteiger charge is 2.28. The number of halogens is 2. The van der Waals surface area contributed by atoms with Crippen LogP contribution in [-0.4, -0.2) is 33.6 Å². The molecule has 0 spiro atoms. The SMILES string of the molecule is O=C(c1ccc(F)cc1[N+](=O)[O-])N1CCCC(Br)C1. The average molecular weight is 331 g/mol. The van der Waals surface area contributed by atoms with Gasteiger partial charge in [0.05, 0.1) is 11.0 Å². The lowest BCUT2D eigenvalue weighted by Crippen LogP contribution is -2.40. The van der Waals surface area contributed by atoms with Gasteiger partial charge in [-0.15, -0.1) is 0 Å². The van der Waals surface area contributed by atoms with Crippen LogP contribution in [-0.2, 0) is 0 Å². The van der Waals surface area contributed by atoms with Gasteiger partial charge in [-0.1, -0.05) is 15.9 Å². The van der Waals surface area contributed by atoms with Gasteiger partial charge in [-0.05, 0) is 25.0 Å². The summed E-state index contributed by atoms with van der Waals surface area (Å²) in [6.07, 6.45) is 1.81. The van der Waals surface area contributed by atoms with E-state index >= 15 is 0 Å². The fraction of sp³-hybridized carbons (Fsp3) is 0.417. The Morgan fingerprint density at radius 2 is 2.26 bits per heavy atom. The van der Waals surface area contributed by atoms with Gasteiger partial charge in [0.1, 0.15) is 11.4 Å². The molecule has 19 heavy (non-hydrogen) atoms. The predicted octanol–water partition coefficient (Wildman–Crippen LogP) is 2.73. The molecule has 1 aliphatic rings. The summed E-state index contributed by atoms with van der Waals surface area (Å²) in [4.78, 5) is 24.2. The Morgan fingerprint density at radius 1 is 1.53 bits per heavy atom. The second-order valence-electron chi connectivity index (χ2n) is 4.41. The average Bonchev–Trinajstić information content (AvgIpc) is 2.37. The van der Waals surface area contributed by atoms with Gasteiger partial charge >= 0.3 is 0 Å². The van der Waals surface area contributed by atoms with E-state index in [1.54, 1.807) is 4.90 Å². The van der Waals surface area contributed by atoms with Gasteiger partial charge in [-0.2, -0.15) is 0 Å². The van der Waals surface area contributed by atoms with Gasteiger partial charge in [-0.25, -0.2) is 4.39 Å². The Kier molecular flexibility index (Phi) is 4.14. The summed E-state index contributed by atoms with van der Waals surface area (Å²) in [6, 6.07) is 3.02. The minimum atomic E-state index is -0.730. The summed E-state index contributed by atoms with van der Waals surface area (Å²) in [5, 5.41) is 10.9. The monoisotopic (exact) mass is 330 g/mol. The smallest absolute Gasteiger partial charge is 0.285 e. The van der Waals surface area contributed by atoms with Crippen molar-refractivity contribution in [2.75, 3.05) is 13.1 Å². The zero-order valence-electron chi connectivity index (χ0n) is 10.0. The molecule has 1 amide bonds. The molecule has 0 saturated carbocycles. The highest BCUT2D eigenvalue weighted by molar-refractivity contribution is 9.09. The van der Waals surface area contributed by atoms with E-state index in [2.05, 4.69) is 15.9 Å².